The van der Waals surface area contributed by atoms with Gasteiger partial charge in [-0.05, 0) is 50.7 Å². The number of nitrogens with zero attached hydrogens (tertiary/aromatic N) is 4. The minimum Gasteiger partial charge on any atom is -0.381 e. The second-order valence-electron chi connectivity index (χ2n) is 6.93. The van der Waals surface area contributed by atoms with E-state index in [0.29, 0.717) is 17.9 Å². The summed E-state index contributed by atoms with van der Waals surface area (Å²) in [6.45, 7) is 1.60. The van der Waals surface area contributed by atoms with Crippen LogP contribution >= 0.6 is 12.4 Å². The van der Waals surface area contributed by atoms with Crippen molar-refractivity contribution in [2.24, 2.45) is 5.73 Å². The van der Waals surface area contributed by atoms with Gasteiger partial charge >= 0.3 is 0 Å². The topological polar surface area (TPSA) is 78.9 Å². The van der Waals surface area contributed by atoms with E-state index in [1.165, 1.54) is 0 Å². The summed E-state index contributed by atoms with van der Waals surface area (Å²) >= 11 is 0. The van der Waals surface area contributed by atoms with Crippen LogP contribution in [0.15, 0.2) is 24.4 Å². The smallest absolute Gasteiger partial charge is 0.155 e. The van der Waals surface area contributed by atoms with Crippen molar-refractivity contribution in [3.05, 3.63) is 36.0 Å². The number of nitrogens with two attached hydrogens (primary N) is 1. The third kappa shape index (κ3) is 4.02. The van der Waals surface area contributed by atoms with Crippen molar-refractivity contribution in [2.45, 2.75) is 56.4 Å². The lowest BCUT2D eigenvalue weighted by atomic mass is 9.86. The molecule has 0 atom stereocenters. The monoisotopic (exact) mass is 363 g/mol. The molecule has 1 saturated heterocycles. The summed E-state index contributed by atoms with van der Waals surface area (Å²) in [5.41, 5.74) is 6.08. The zero-order valence-electron chi connectivity index (χ0n) is 14.4. The van der Waals surface area contributed by atoms with Crippen molar-refractivity contribution < 1.29 is 4.74 Å². The summed E-state index contributed by atoms with van der Waals surface area (Å²) < 4.78 is 7.45. The number of rotatable bonds is 3. The molecule has 4 rings (SSSR count). The highest BCUT2D eigenvalue weighted by Crippen LogP contribution is 2.34. The summed E-state index contributed by atoms with van der Waals surface area (Å²) in [4.78, 5) is 9.46. The molecule has 0 unspecified atom stereocenters. The maximum atomic E-state index is 6.08. The Morgan fingerprint density at radius 1 is 1.00 bits per heavy atom. The molecule has 2 aromatic rings. The van der Waals surface area contributed by atoms with Gasteiger partial charge in [-0.1, -0.05) is 6.07 Å². The molecule has 3 heterocycles. The first-order valence-corrected chi connectivity index (χ1v) is 9.03. The first-order chi connectivity index (χ1) is 11.8. The molecule has 1 aliphatic carbocycles. The Morgan fingerprint density at radius 2 is 1.76 bits per heavy atom. The van der Waals surface area contributed by atoms with Gasteiger partial charge in [-0.15, -0.1) is 17.5 Å². The number of pyridine rings is 1. The summed E-state index contributed by atoms with van der Waals surface area (Å²) in [6, 6.07) is 6.26. The molecule has 0 amide bonds. The molecular weight excluding hydrogens is 338 g/mol. The van der Waals surface area contributed by atoms with Crippen molar-refractivity contribution in [3.63, 3.8) is 0 Å². The SMILES string of the molecule is Cl.NC1CCC(c2nc(C3CCOCC3)nn2-c2ccccn2)CC1. The van der Waals surface area contributed by atoms with Gasteiger partial charge in [0, 0.05) is 37.3 Å². The highest BCUT2D eigenvalue weighted by atomic mass is 35.5. The van der Waals surface area contributed by atoms with Crippen LogP contribution in [0.5, 0.6) is 0 Å². The molecule has 6 nitrogen and oxygen atoms in total. The summed E-state index contributed by atoms with van der Waals surface area (Å²) in [5.74, 6) is 3.69. The van der Waals surface area contributed by atoms with Crippen LogP contribution < -0.4 is 5.73 Å². The summed E-state index contributed by atoms with van der Waals surface area (Å²) in [6.07, 6.45) is 8.10. The van der Waals surface area contributed by atoms with E-state index >= 15 is 0 Å². The van der Waals surface area contributed by atoms with Crippen LogP contribution in [0.25, 0.3) is 5.82 Å². The first kappa shape index (κ1) is 18.3. The Morgan fingerprint density at radius 3 is 2.44 bits per heavy atom. The first-order valence-electron chi connectivity index (χ1n) is 9.03. The van der Waals surface area contributed by atoms with E-state index in [-0.39, 0.29) is 12.4 Å². The molecule has 7 heteroatoms. The average molecular weight is 364 g/mol. The minimum atomic E-state index is 0. The van der Waals surface area contributed by atoms with Gasteiger partial charge in [0.05, 0.1) is 0 Å². The maximum absolute atomic E-state index is 6.08. The van der Waals surface area contributed by atoms with Crippen LogP contribution in [0.1, 0.15) is 62.0 Å². The second kappa shape index (κ2) is 8.25. The lowest BCUT2D eigenvalue weighted by Crippen LogP contribution is -2.26. The third-order valence-electron chi connectivity index (χ3n) is 5.24. The van der Waals surface area contributed by atoms with Crippen molar-refractivity contribution in [2.75, 3.05) is 13.2 Å². The molecule has 1 aliphatic heterocycles. The molecule has 2 N–H and O–H groups in total. The molecule has 136 valence electrons. The zero-order chi connectivity index (χ0) is 16.4. The fourth-order valence-electron chi connectivity index (χ4n) is 3.76. The van der Waals surface area contributed by atoms with E-state index in [1.54, 1.807) is 0 Å². The molecule has 0 radical (unpaired) electrons. The van der Waals surface area contributed by atoms with E-state index in [4.69, 9.17) is 20.6 Å². The number of halogens is 1. The predicted molar refractivity (Wildman–Crippen MR) is 98.4 cm³/mol. The quantitative estimate of drug-likeness (QED) is 0.906. The molecule has 1 saturated carbocycles. The van der Waals surface area contributed by atoms with E-state index in [1.807, 2.05) is 29.1 Å². The van der Waals surface area contributed by atoms with Crippen LogP contribution in [0.2, 0.25) is 0 Å². The molecule has 2 fully saturated rings. The van der Waals surface area contributed by atoms with E-state index in [2.05, 4.69) is 4.98 Å². The van der Waals surface area contributed by atoms with E-state index in [9.17, 15) is 0 Å². The minimum absolute atomic E-state index is 0. The largest absolute Gasteiger partial charge is 0.381 e. The molecule has 2 aromatic heterocycles. The van der Waals surface area contributed by atoms with Crippen molar-refractivity contribution in [1.82, 2.24) is 19.7 Å². The number of hydrogen-bond acceptors (Lipinski definition) is 5. The van der Waals surface area contributed by atoms with Crippen LogP contribution in [0.4, 0.5) is 0 Å². The van der Waals surface area contributed by atoms with Crippen molar-refractivity contribution in [3.8, 4) is 5.82 Å². The Kier molecular flexibility index (Phi) is 6.04. The lowest BCUT2D eigenvalue weighted by Gasteiger charge is -2.25. The van der Waals surface area contributed by atoms with Gasteiger partial charge in [0.2, 0.25) is 0 Å². The summed E-state index contributed by atoms with van der Waals surface area (Å²) in [5, 5.41) is 4.85. The van der Waals surface area contributed by atoms with Gasteiger partial charge in [0.1, 0.15) is 5.82 Å². The Bertz CT molecular complexity index is 663. The van der Waals surface area contributed by atoms with E-state index < -0.39 is 0 Å². The van der Waals surface area contributed by atoms with Gasteiger partial charge in [-0.2, -0.15) is 4.68 Å². The lowest BCUT2D eigenvalue weighted by molar-refractivity contribution is 0.0836. The fourth-order valence-corrected chi connectivity index (χ4v) is 3.76. The normalized spacial score (nSPS) is 24.7. The van der Waals surface area contributed by atoms with Gasteiger partial charge in [0.15, 0.2) is 11.6 Å². The predicted octanol–water partition coefficient (Wildman–Crippen LogP) is 2.96. The van der Waals surface area contributed by atoms with Crippen LogP contribution in [-0.4, -0.2) is 39.0 Å². The molecule has 0 aromatic carbocycles. The average Bonchev–Trinajstić information content (AvgIpc) is 3.09. The Balaban J connectivity index is 0.00000182. The summed E-state index contributed by atoms with van der Waals surface area (Å²) in [7, 11) is 0. The number of aromatic nitrogens is 4. The van der Waals surface area contributed by atoms with Crippen molar-refractivity contribution in [1.29, 1.82) is 0 Å². The van der Waals surface area contributed by atoms with Gasteiger partial charge in [-0.25, -0.2) is 9.97 Å². The fraction of sp³-hybridized carbons (Fsp3) is 0.611. The van der Waals surface area contributed by atoms with Crippen LogP contribution in [0.3, 0.4) is 0 Å². The van der Waals surface area contributed by atoms with Gasteiger partial charge in [0.25, 0.3) is 0 Å². The maximum Gasteiger partial charge on any atom is 0.155 e. The highest BCUT2D eigenvalue weighted by molar-refractivity contribution is 5.85. The standard InChI is InChI=1S/C18H25N5O.ClH/c19-15-6-4-14(5-7-15)18-21-17(13-8-11-24-12-9-13)22-23(18)16-3-1-2-10-20-16;/h1-3,10,13-15H,4-9,11-12,19H2;1H. The molecule has 25 heavy (non-hydrogen) atoms. The van der Waals surface area contributed by atoms with Gasteiger partial charge in [-0.3, -0.25) is 0 Å². The Hall–Kier alpha value is -1.50. The zero-order valence-corrected chi connectivity index (χ0v) is 15.2. The molecule has 0 bridgehead atoms. The molecular formula is C18H26ClN5O. The van der Waals surface area contributed by atoms with Crippen molar-refractivity contribution >= 4 is 12.4 Å². The second-order valence-corrected chi connectivity index (χ2v) is 6.93. The number of hydrogen-bond donors (Lipinski definition) is 1. The Labute approximate surface area is 154 Å². The van der Waals surface area contributed by atoms with Crippen LogP contribution in [0, 0.1) is 0 Å². The molecule has 0 spiro atoms. The van der Waals surface area contributed by atoms with Gasteiger partial charge < -0.3 is 10.5 Å². The van der Waals surface area contributed by atoms with Crippen LogP contribution in [-0.2, 0) is 4.74 Å². The highest BCUT2D eigenvalue weighted by Gasteiger charge is 2.28. The van der Waals surface area contributed by atoms with E-state index in [0.717, 1.165) is 69.2 Å². The number of ether oxygens (including phenoxy) is 1. The molecule has 2 aliphatic rings. The third-order valence-corrected chi connectivity index (χ3v) is 5.24.